The van der Waals surface area contributed by atoms with Crippen LogP contribution in [0.15, 0.2) is 24.3 Å². The molecule has 1 atom stereocenters. The van der Waals surface area contributed by atoms with Gasteiger partial charge in [0.2, 0.25) is 5.91 Å². The number of carbonyl (C=O) groups excluding carboxylic acids is 1. The molecular formula is C19H31N3O2. The van der Waals surface area contributed by atoms with Gasteiger partial charge in [-0.05, 0) is 51.9 Å². The number of rotatable bonds is 7. The molecule has 1 amide bonds. The van der Waals surface area contributed by atoms with Gasteiger partial charge in [0, 0.05) is 32.2 Å². The third-order valence-electron chi connectivity index (χ3n) is 4.35. The Balaban J connectivity index is 1.69. The lowest BCUT2D eigenvalue weighted by Gasteiger charge is -2.37. The van der Waals surface area contributed by atoms with Gasteiger partial charge in [-0.2, -0.15) is 0 Å². The summed E-state index contributed by atoms with van der Waals surface area (Å²) >= 11 is 0. The molecule has 0 aromatic heterocycles. The van der Waals surface area contributed by atoms with Crippen molar-refractivity contribution in [3.8, 4) is 5.75 Å². The van der Waals surface area contributed by atoms with E-state index >= 15 is 0 Å². The molecule has 0 bridgehead atoms. The Labute approximate surface area is 146 Å². The normalized spacial score (nSPS) is 19.5. The van der Waals surface area contributed by atoms with Gasteiger partial charge in [-0.15, -0.1) is 0 Å². The second-order valence-corrected chi connectivity index (χ2v) is 6.99. The van der Waals surface area contributed by atoms with Crippen molar-refractivity contribution in [2.24, 2.45) is 0 Å². The van der Waals surface area contributed by atoms with Crippen LogP contribution in [0.3, 0.4) is 0 Å². The number of amides is 1. The smallest absolute Gasteiger partial charge is 0.234 e. The Bertz CT molecular complexity index is 516. The van der Waals surface area contributed by atoms with Gasteiger partial charge >= 0.3 is 0 Å². The van der Waals surface area contributed by atoms with Crippen molar-refractivity contribution in [3.05, 3.63) is 29.8 Å². The second-order valence-electron chi connectivity index (χ2n) is 6.99. The summed E-state index contributed by atoms with van der Waals surface area (Å²) in [6.45, 7) is 10.4. The molecule has 1 saturated heterocycles. The highest BCUT2D eigenvalue weighted by molar-refractivity contribution is 5.78. The molecule has 1 heterocycles. The van der Waals surface area contributed by atoms with E-state index in [1.54, 1.807) is 0 Å². The first-order chi connectivity index (χ1) is 11.4. The number of nitrogens with one attached hydrogen (secondary N) is 1. The Kier molecular flexibility index (Phi) is 7.06. The quantitative estimate of drug-likeness (QED) is 0.826. The summed E-state index contributed by atoms with van der Waals surface area (Å²) in [4.78, 5) is 16.7. The van der Waals surface area contributed by atoms with E-state index in [1.807, 2.05) is 26.0 Å². The predicted molar refractivity (Wildman–Crippen MR) is 97.5 cm³/mol. The molecule has 1 aromatic carbocycles. The van der Waals surface area contributed by atoms with E-state index in [0.717, 1.165) is 31.8 Å². The van der Waals surface area contributed by atoms with Crippen LogP contribution in [-0.4, -0.2) is 67.6 Å². The zero-order valence-corrected chi connectivity index (χ0v) is 15.4. The highest BCUT2D eigenvalue weighted by Crippen LogP contribution is 2.14. The fourth-order valence-electron chi connectivity index (χ4n) is 3.01. The summed E-state index contributed by atoms with van der Waals surface area (Å²) in [5, 5.41) is 3.03. The minimum atomic E-state index is 0.117. The van der Waals surface area contributed by atoms with Crippen LogP contribution in [0.25, 0.3) is 0 Å². The van der Waals surface area contributed by atoms with Crippen molar-refractivity contribution in [3.63, 3.8) is 0 Å². The lowest BCUT2D eigenvalue weighted by molar-refractivity contribution is -0.123. The van der Waals surface area contributed by atoms with Crippen molar-refractivity contribution in [1.82, 2.24) is 15.1 Å². The molecule has 0 saturated carbocycles. The molecule has 1 aromatic rings. The van der Waals surface area contributed by atoms with Gasteiger partial charge in [0.25, 0.3) is 0 Å². The number of carbonyl (C=O) groups is 1. The lowest BCUT2D eigenvalue weighted by Crippen LogP contribution is -2.53. The highest BCUT2D eigenvalue weighted by atomic mass is 16.5. The molecule has 0 unspecified atom stereocenters. The Morgan fingerprint density at radius 2 is 2.00 bits per heavy atom. The number of hydrogen-bond donors (Lipinski definition) is 1. The third kappa shape index (κ3) is 6.13. The van der Waals surface area contributed by atoms with E-state index in [4.69, 9.17) is 4.74 Å². The summed E-state index contributed by atoms with van der Waals surface area (Å²) in [7, 11) is 2.13. The molecule has 134 valence electrons. The summed E-state index contributed by atoms with van der Waals surface area (Å²) in [5.41, 5.74) is 1.21. The zero-order valence-electron chi connectivity index (χ0n) is 15.4. The Morgan fingerprint density at radius 1 is 1.29 bits per heavy atom. The maximum absolute atomic E-state index is 12.1. The molecule has 5 nitrogen and oxygen atoms in total. The number of likely N-dealkylation sites (N-methyl/N-ethyl adjacent to an activating group) is 1. The van der Waals surface area contributed by atoms with Crippen molar-refractivity contribution in [2.45, 2.75) is 39.3 Å². The van der Waals surface area contributed by atoms with E-state index < -0.39 is 0 Å². The average molecular weight is 333 g/mol. The van der Waals surface area contributed by atoms with Crippen LogP contribution in [0.5, 0.6) is 5.75 Å². The van der Waals surface area contributed by atoms with E-state index in [2.05, 4.69) is 41.2 Å². The number of ether oxygens (including phenoxy) is 1. The van der Waals surface area contributed by atoms with E-state index in [-0.39, 0.29) is 12.0 Å². The molecular weight excluding hydrogens is 302 g/mol. The number of piperazine rings is 1. The summed E-state index contributed by atoms with van der Waals surface area (Å²) in [5.74, 6) is 1.01. The molecule has 2 rings (SSSR count). The Hall–Kier alpha value is -1.59. The molecule has 24 heavy (non-hydrogen) atoms. The first kappa shape index (κ1) is 18.7. The van der Waals surface area contributed by atoms with Crippen LogP contribution in [0.2, 0.25) is 0 Å². The molecule has 0 aliphatic carbocycles. The van der Waals surface area contributed by atoms with Gasteiger partial charge in [0.1, 0.15) is 5.75 Å². The highest BCUT2D eigenvalue weighted by Gasteiger charge is 2.22. The lowest BCUT2D eigenvalue weighted by atomic mass is 10.1. The SMILES string of the molecule is CC(C)Oc1ccc(CCNC(=O)CN2CCN(C)C[C@H]2C)cc1. The first-order valence-corrected chi connectivity index (χ1v) is 8.89. The van der Waals surface area contributed by atoms with E-state index in [9.17, 15) is 4.79 Å². The van der Waals surface area contributed by atoms with Crippen LogP contribution < -0.4 is 10.1 Å². The van der Waals surface area contributed by atoms with Crippen molar-refractivity contribution < 1.29 is 9.53 Å². The van der Waals surface area contributed by atoms with Gasteiger partial charge in [-0.3, -0.25) is 9.69 Å². The first-order valence-electron chi connectivity index (χ1n) is 8.89. The molecule has 0 spiro atoms. The molecule has 1 N–H and O–H groups in total. The standard InChI is InChI=1S/C19H31N3O2/c1-15(2)24-18-7-5-17(6-8-18)9-10-20-19(23)14-22-12-11-21(4)13-16(22)3/h5-8,15-16H,9-14H2,1-4H3,(H,20,23)/t16-/m1/s1. The predicted octanol–water partition coefficient (Wildman–Crippen LogP) is 1.77. The zero-order chi connectivity index (χ0) is 17.5. The van der Waals surface area contributed by atoms with Crippen molar-refractivity contribution >= 4 is 5.91 Å². The second kappa shape index (κ2) is 9.04. The van der Waals surface area contributed by atoms with E-state index in [1.165, 1.54) is 5.56 Å². The average Bonchev–Trinajstić information content (AvgIpc) is 2.51. The fraction of sp³-hybridized carbons (Fsp3) is 0.632. The van der Waals surface area contributed by atoms with Crippen LogP contribution in [0, 0.1) is 0 Å². The van der Waals surface area contributed by atoms with Crippen LogP contribution >= 0.6 is 0 Å². The molecule has 0 radical (unpaired) electrons. The van der Waals surface area contributed by atoms with Gasteiger partial charge in [0.05, 0.1) is 12.6 Å². The van der Waals surface area contributed by atoms with Crippen molar-refractivity contribution in [1.29, 1.82) is 0 Å². The van der Waals surface area contributed by atoms with E-state index in [0.29, 0.717) is 19.1 Å². The van der Waals surface area contributed by atoms with Gasteiger partial charge < -0.3 is 15.0 Å². The largest absolute Gasteiger partial charge is 0.491 e. The maximum Gasteiger partial charge on any atom is 0.234 e. The Morgan fingerprint density at radius 3 is 2.62 bits per heavy atom. The number of benzene rings is 1. The minimum Gasteiger partial charge on any atom is -0.491 e. The summed E-state index contributed by atoms with van der Waals surface area (Å²) < 4.78 is 5.64. The van der Waals surface area contributed by atoms with Crippen LogP contribution in [0.1, 0.15) is 26.3 Å². The topological polar surface area (TPSA) is 44.8 Å². The molecule has 5 heteroatoms. The van der Waals surface area contributed by atoms with Gasteiger partial charge in [-0.25, -0.2) is 0 Å². The number of nitrogens with zero attached hydrogens (tertiary/aromatic N) is 2. The van der Waals surface area contributed by atoms with Crippen LogP contribution in [0.4, 0.5) is 0 Å². The number of hydrogen-bond acceptors (Lipinski definition) is 4. The fourth-order valence-corrected chi connectivity index (χ4v) is 3.01. The van der Waals surface area contributed by atoms with Gasteiger partial charge in [0.15, 0.2) is 0 Å². The summed E-state index contributed by atoms with van der Waals surface area (Å²) in [6.07, 6.45) is 1.03. The van der Waals surface area contributed by atoms with Crippen molar-refractivity contribution in [2.75, 3.05) is 39.8 Å². The summed E-state index contributed by atoms with van der Waals surface area (Å²) in [6, 6.07) is 8.54. The third-order valence-corrected chi connectivity index (χ3v) is 4.35. The molecule has 1 fully saturated rings. The monoisotopic (exact) mass is 333 g/mol. The van der Waals surface area contributed by atoms with Crippen LogP contribution in [-0.2, 0) is 11.2 Å². The maximum atomic E-state index is 12.1. The molecule has 1 aliphatic rings. The van der Waals surface area contributed by atoms with Gasteiger partial charge in [-0.1, -0.05) is 12.1 Å². The molecule has 1 aliphatic heterocycles. The minimum absolute atomic E-state index is 0.117.